The number of rotatable bonds is 4. The number of benzene rings is 3. The van der Waals surface area contributed by atoms with Crippen LogP contribution in [0.15, 0.2) is 74.5 Å². The van der Waals surface area contributed by atoms with Crippen LogP contribution in [0.1, 0.15) is 22.3 Å². The molecule has 0 saturated carbocycles. The summed E-state index contributed by atoms with van der Waals surface area (Å²) in [6.45, 7) is 4.04. The highest BCUT2D eigenvalue weighted by molar-refractivity contribution is 6.07. The van der Waals surface area contributed by atoms with Crippen molar-refractivity contribution in [2.45, 2.75) is 26.9 Å². The number of esters is 1. The summed E-state index contributed by atoms with van der Waals surface area (Å²) in [5.41, 5.74) is 4.44. The van der Waals surface area contributed by atoms with Crippen LogP contribution in [0.25, 0.3) is 32.7 Å². The molecule has 0 unspecified atom stereocenters. The summed E-state index contributed by atoms with van der Waals surface area (Å²) < 4.78 is 16.5. The molecule has 2 aromatic heterocycles. The van der Waals surface area contributed by atoms with E-state index in [0.29, 0.717) is 11.1 Å². The summed E-state index contributed by atoms with van der Waals surface area (Å²) >= 11 is 0. The maximum Gasteiger partial charge on any atom is 0.336 e. The minimum Gasteiger partial charge on any atom is -0.464 e. The van der Waals surface area contributed by atoms with Crippen LogP contribution in [-0.2, 0) is 22.6 Å². The molecule has 0 aliphatic rings. The van der Waals surface area contributed by atoms with Gasteiger partial charge in [0.2, 0.25) is 0 Å². The zero-order valence-electron chi connectivity index (χ0n) is 17.2. The maximum atomic E-state index is 12.6. The van der Waals surface area contributed by atoms with Crippen LogP contribution in [0.3, 0.4) is 0 Å². The topological polar surface area (TPSA) is 69.7 Å². The van der Waals surface area contributed by atoms with Gasteiger partial charge in [-0.2, -0.15) is 0 Å². The van der Waals surface area contributed by atoms with E-state index in [4.69, 9.17) is 13.6 Å². The average Bonchev–Trinajstić information content (AvgIpc) is 3.13. The number of furan rings is 1. The Kier molecular flexibility index (Phi) is 4.59. The smallest absolute Gasteiger partial charge is 0.336 e. The Bertz CT molecular complexity index is 1520. The molecule has 31 heavy (non-hydrogen) atoms. The minimum atomic E-state index is -0.472. The molecule has 0 spiro atoms. The van der Waals surface area contributed by atoms with Crippen LogP contribution in [0.4, 0.5) is 0 Å². The largest absolute Gasteiger partial charge is 0.464 e. The lowest BCUT2D eigenvalue weighted by molar-refractivity contribution is -0.144. The van der Waals surface area contributed by atoms with Gasteiger partial charge < -0.3 is 13.6 Å². The molecule has 0 radical (unpaired) electrons. The fraction of sp³-hybridized carbons (Fsp3) is 0.154. The third kappa shape index (κ3) is 3.48. The number of carbonyl (C=O) groups excluding carboxylic acids is 1. The molecule has 0 bridgehead atoms. The minimum absolute atomic E-state index is 0.0111. The predicted octanol–water partition coefficient (Wildman–Crippen LogP) is 5.60. The Balaban J connectivity index is 1.43. The summed E-state index contributed by atoms with van der Waals surface area (Å²) in [7, 11) is 0. The van der Waals surface area contributed by atoms with Crippen molar-refractivity contribution in [3.8, 4) is 0 Å². The molecule has 3 aromatic carbocycles. The van der Waals surface area contributed by atoms with Crippen molar-refractivity contribution >= 4 is 38.7 Å². The lowest BCUT2D eigenvalue weighted by Crippen LogP contribution is -2.10. The van der Waals surface area contributed by atoms with Crippen LogP contribution >= 0.6 is 0 Å². The second kappa shape index (κ2) is 7.43. The molecule has 154 valence electrons. The van der Waals surface area contributed by atoms with Crippen molar-refractivity contribution in [1.82, 2.24) is 0 Å². The van der Waals surface area contributed by atoms with Gasteiger partial charge in [-0.1, -0.05) is 30.3 Å². The highest BCUT2D eigenvalue weighted by Crippen LogP contribution is 2.28. The SMILES string of the molecule is Cc1cc2occ(CC(=O)OCc3cc(=O)oc4ccc5ccccc5c34)c2cc1C. The van der Waals surface area contributed by atoms with Gasteiger partial charge in [0, 0.05) is 28.0 Å². The van der Waals surface area contributed by atoms with Crippen molar-refractivity contribution in [2.24, 2.45) is 0 Å². The quantitative estimate of drug-likeness (QED) is 0.218. The number of carbonyl (C=O) groups is 1. The van der Waals surface area contributed by atoms with Crippen LogP contribution in [0, 0.1) is 13.8 Å². The fourth-order valence-electron chi connectivity index (χ4n) is 3.97. The maximum absolute atomic E-state index is 12.6. The normalized spacial score (nSPS) is 11.4. The standard InChI is InChI=1S/C26H20O5/c1-15-9-21-18(13-29-23(21)10-16(15)2)11-24(27)30-14-19-12-25(28)31-22-8-7-17-5-3-4-6-20(17)26(19)22/h3-10,12-13H,11,14H2,1-2H3. The van der Waals surface area contributed by atoms with Gasteiger partial charge in [0.1, 0.15) is 17.8 Å². The zero-order valence-corrected chi connectivity index (χ0v) is 17.2. The van der Waals surface area contributed by atoms with E-state index in [0.717, 1.165) is 43.8 Å². The monoisotopic (exact) mass is 412 g/mol. The molecule has 5 rings (SSSR count). The molecule has 0 saturated heterocycles. The third-order valence-electron chi connectivity index (χ3n) is 5.71. The molecule has 0 atom stereocenters. The first kappa shape index (κ1) is 19.1. The number of aryl methyl sites for hydroxylation is 2. The van der Waals surface area contributed by atoms with Gasteiger partial charge in [-0.3, -0.25) is 4.79 Å². The second-order valence-electron chi connectivity index (χ2n) is 7.78. The highest BCUT2D eigenvalue weighted by atomic mass is 16.5. The van der Waals surface area contributed by atoms with Crippen molar-refractivity contribution in [3.05, 3.63) is 93.5 Å². The van der Waals surface area contributed by atoms with E-state index >= 15 is 0 Å². The van der Waals surface area contributed by atoms with Crippen LogP contribution in [0.5, 0.6) is 0 Å². The van der Waals surface area contributed by atoms with Crippen LogP contribution < -0.4 is 5.63 Å². The van der Waals surface area contributed by atoms with Gasteiger partial charge in [0.05, 0.1) is 12.7 Å². The van der Waals surface area contributed by atoms with Gasteiger partial charge in [-0.15, -0.1) is 0 Å². The van der Waals surface area contributed by atoms with E-state index in [1.807, 2.05) is 56.3 Å². The number of hydrogen-bond acceptors (Lipinski definition) is 5. The number of fused-ring (bicyclic) bond motifs is 4. The molecular weight excluding hydrogens is 392 g/mol. The van der Waals surface area contributed by atoms with E-state index in [9.17, 15) is 9.59 Å². The Hall–Kier alpha value is -3.86. The third-order valence-corrected chi connectivity index (χ3v) is 5.71. The summed E-state index contributed by atoms with van der Waals surface area (Å²) in [4.78, 5) is 24.6. The van der Waals surface area contributed by atoms with Gasteiger partial charge in [0.25, 0.3) is 0 Å². The predicted molar refractivity (Wildman–Crippen MR) is 119 cm³/mol. The van der Waals surface area contributed by atoms with Gasteiger partial charge in [-0.05, 0) is 53.9 Å². The zero-order chi connectivity index (χ0) is 21.5. The van der Waals surface area contributed by atoms with E-state index < -0.39 is 5.63 Å². The average molecular weight is 412 g/mol. The molecule has 0 aliphatic heterocycles. The molecule has 5 nitrogen and oxygen atoms in total. The van der Waals surface area contributed by atoms with E-state index in [1.54, 1.807) is 12.3 Å². The first-order chi connectivity index (χ1) is 15.0. The van der Waals surface area contributed by atoms with Crippen LogP contribution in [-0.4, -0.2) is 5.97 Å². The lowest BCUT2D eigenvalue weighted by atomic mass is 10.0. The lowest BCUT2D eigenvalue weighted by Gasteiger charge is -2.09. The molecule has 0 N–H and O–H groups in total. The molecule has 0 amide bonds. The van der Waals surface area contributed by atoms with Crippen LogP contribution in [0.2, 0.25) is 0 Å². The fourth-order valence-corrected chi connectivity index (χ4v) is 3.97. The Morgan fingerprint density at radius 1 is 0.903 bits per heavy atom. The van der Waals surface area contributed by atoms with Crippen molar-refractivity contribution in [3.63, 3.8) is 0 Å². The Labute approximate surface area is 177 Å². The van der Waals surface area contributed by atoms with E-state index in [2.05, 4.69) is 0 Å². The Morgan fingerprint density at radius 3 is 2.58 bits per heavy atom. The molecule has 0 aliphatic carbocycles. The first-order valence-electron chi connectivity index (χ1n) is 10.1. The molecular formula is C26H20O5. The highest BCUT2D eigenvalue weighted by Gasteiger charge is 2.15. The molecule has 2 heterocycles. The molecule has 0 fully saturated rings. The summed E-state index contributed by atoms with van der Waals surface area (Å²) in [5.74, 6) is -0.387. The second-order valence-corrected chi connectivity index (χ2v) is 7.78. The van der Waals surface area contributed by atoms with Crippen molar-refractivity contribution in [1.29, 1.82) is 0 Å². The van der Waals surface area contributed by atoms with Gasteiger partial charge in [0.15, 0.2) is 0 Å². The first-order valence-corrected chi connectivity index (χ1v) is 10.1. The summed E-state index contributed by atoms with van der Waals surface area (Å²) in [6, 6.07) is 16.9. The molecule has 5 heteroatoms. The van der Waals surface area contributed by atoms with Gasteiger partial charge in [-0.25, -0.2) is 4.79 Å². The summed E-state index contributed by atoms with van der Waals surface area (Å²) in [5, 5.41) is 3.66. The molecule has 5 aromatic rings. The van der Waals surface area contributed by atoms with Gasteiger partial charge >= 0.3 is 11.6 Å². The van der Waals surface area contributed by atoms with Crippen molar-refractivity contribution in [2.75, 3.05) is 0 Å². The Morgan fingerprint density at radius 2 is 1.71 bits per heavy atom. The number of ether oxygens (including phenoxy) is 1. The number of hydrogen-bond donors (Lipinski definition) is 0. The van der Waals surface area contributed by atoms with E-state index in [1.165, 1.54) is 6.07 Å². The summed E-state index contributed by atoms with van der Waals surface area (Å²) in [6.07, 6.45) is 1.69. The van der Waals surface area contributed by atoms with Crippen molar-refractivity contribution < 1.29 is 18.4 Å². The van der Waals surface area contributed by atoms with E-state index in [-0.39, 0.29) is 19.0 Å².